The molecule has 200 valence electrons. The highest BCUT2D eigenvalue weighted by Gasteiger charge is 2.35. The van der Waals surface area contributed by atoms with Gasteiger partial charge in [-0.05, 0) is 62.6 Å². The Balaban J connectivity index is 1.58. The molecule has 38 heavy (non-hydrogen) atoms. The summed E-state index contributed by atoms with van der Waals surface area (Å²) in [6, 6.07) is 15.4. The van der Waals surface area contributed by atoms with Gasteiger partial charge in [-0.2, -0.15) is 13.2 Å². The Hall–Kier alpha value is -3.43. The van der Waals surface area contributed by atoms with Crippen LogP contribution in [0.4, 0.5) is 18.9 Å². The Morgan fingerprint density at radius 1 is 1.05 bits per heavy atom. The van der Waals surface area contributed by atoms with E-state index in [0.717, 1.165) is 18.5 Å². The van der Waals surface area contributed by atoms with E-state index < -0.39 is 18.4 Å². The van der Waals surface area contributed by atoms with Crippen molar-refractivity contribution in [2.45, 2.75) is 50.9 Å². The summed E-state index contributed by atoms with van der Waals surface area (Å²) in [5, 5.41) is 10.3. The molecule has 2 aliphatic rings. The monoisotopic (exact) mass is 526 g/mol. The molecule has 1 saturated heterocycles. The minimum absolute atomic E-state index is 0.0593. The van der Waals surface area contributed by atoms with Crippen LogP contribution in [0.15, 0.2) is 54.6 Å². The van der Waals surface area contributed by atoms with Crippen LogP contribution >= 0.6 is 0 Å². The van der Waals surface area contributed by atoms with Crippen LogP contribution in [0.3, 0.4) is 0 Å². The van der Waals surface area contributed by atoms with Gasteiger partial charge in [-0.25, -0.2) is 0 Å². The number of hydrogen-bond donors (Lipinski definition) is 1. The fourth-order valence-corrected chi connectivity index (χ4v) is 4.95. The fraction of sp³-hybridized carbons (Fsp3) is 0.379. The molecule has 0 atom stereocenters. The van der Waals surface area contributed by atoms with Crippen LogP contribution in [0.1, 0.15) is 59.8 Å². The van der Waals surface area contributed by atoms with Gasteiger partial charge < -0.3 is 19.5 Å². The predicted molar refractivity (Wildman–Crippen MR) is 136 cm³/mol. The number of hydrogen-bond acceptors (Lipinski definition) is 5. The fourth-order valence-electron chi connectivity index (χ4n) is 4.95. The Morgan fingerprint density at radius 3 is 2.39 bits per heavy atom. The summed E-state index contributed by atoms with van der Waals surface area (Å²) in [5.41, 5.74) is 3.05. The minimum atomic E-state index is -4.49. The van der Waals surface area contributed by atoms with E-state index in [2.05, 4.69) is 0 Å². The molecule has 1 fully saturated rings. The van der Waals surface area contributed by atoms with E-state index in [4.69, 9.17) is 14.5 Å². The highest BCUT2D eigenvalue weighted by atomic mass is 19.4. The number of alkyl halides is 3. The number of ether oxygens (including phenoxy) is 2. The Kier molecular flexibility index (Phi) is 6.92. The molecule has 1 aromatic heterocycles. The van der Waals surface area contributed by atoms with Gasteiger partial charge in [0.05, 0.1) is 17.8 Å². The molecular weight excluding hydrogens is 497 g/mol. The summed E-state index contributed by atoms with van der Waals surface area (Å²) >= 11 is 0. The van der Waals surface area contributed by atoms with Gasteiger partial charge in [-0.3, -0.25) is 9.78 Å². The molecular formula is C29H29F3N2O4. The third kappa shape index (κ3) is 5.39. The van der Waals surface area contributed by atoms with Crippen LogP contribution in [-0.2, 0) is 16.9 Å². The van der Waals surface area contributed by atoms with E-state index in [0.29, 0.717) is 46.8 Å². The molecule has 0 spiro atoms. The zero-order valence-electron chi connectivity index (χ0n) is 21.2. The molecule has 5 rings (SSSR count). The molecule has 0 aliphatic carbocycles. The Bertz CT molecular complexity index is 1330. The zero-order chi connectivity index (χ0) is 27.1. The Morgan fingerprint density at radius 2 is 1.74 bits per heavy atom. The van der Waals surface area contributed by atoms with Crippen LogP contribution in [0, 0.1) is 0 Å². The van der Waals surface area contributed by atoms with Crippen molar-refractivity contribution >= 4 is 11.6 Å². The standard InChI is InChI=1S/C29H29F3N2O4/c1-28(2,36)19-7-9-20(10-8-19)34-16-23-22(27(34)35)15-24(18-11-13-37-14-12-18)33-26(23)21-5-3-4-6-25(21)38-17-29(30,31)32/h3-10,15,18,36H,11-14,16-17H2,1-2H3. The highest BCUT2D eigenvalue weighted by molar-refractivity contribution is 6.11. The molecule has 3 aromatic rings. The number of anilines is 1. The van der Waals surface area contributed by atoms with Crippen molar-refractivity contribution in [1.29, 1.82) is 0 Å². The summed E-state index contributed by atoms with van der Waals surface area (Å²) in [5.74, 6) is -0.0743. The van der Waals surface area contributed by atoms with Crippen LogP contribution in [0.5, 0.6) is 5.75 Å². The summed E-state index contributed by atoms with van der Waals surface area (Å²) in [7, 11) is 0. The molecule has 6 nitrogen and oxygen atoms in total. The first-order valence-electron chi connectivity index (χ1n) is 12.6. The number of carbonyl (C=O) groups is 1. The lowest BCUT2D eigenvalue weighted by Gasteiger charge is -2.23. The van der Waals surface area contributed by atoms with E-state index in [9.17, 15) is 23.1 Å². The van der Waals surface area contributed by atoms with Gasteiger partial charge in [0.15, 0.2) is 6.61 Å². The molecule has 2 aliphatic heterocycles. The number of aromatic nitrogens is 1. The van der Waals surface area contributed by atoms with Crippen molar-refractivity contribution in [3.8, 4) is 17.0 Å². The topological polar surface area (TPSA) is 71.9 Å². The van der Waals surface area contributed by atoms with E-state index in [-0.39, 0.29) is 24.1 Å². The number of para-hydroxylation sites is 1. The van der Waals surface area contributed by atoms with Gasteiger partial charge in [0.25, 0.3) is 5.91 Å². The van der Waals surface area contributed by atoms with Crippen molar-refractivity contribution < 1.29 is 32.5 Å². The molecule has 0 saturated carbocycles. The largest absolute Gasteiger partial charge is 0.483 e. The van der Waals surface area contributed by atoms with Crippen LogP contribution in [0.2, 0.25) is 0 Å². The number of carbonyl (C=O) groups excluding carboxylic acids is 1. The van der Waals surface area contributed by atoms with E-state index >= 15 is 0 Å². The van der Waals surface area contributed by atoms with Crippen molar-refractivity contribution in [2.24, 2.45) is 0 Å². The zero-order valence-corrected chi connectivity index (χ0v) is 21.2. The van der Waals surface area contributed by atoms with Gasteiger partial charge in [0, 0.05) is 47.2 Å². The molecule has 0 radical (unpaired) electrons. The number of benzene rings is 2. The van der Waals surface area contributed by atoms with Crippen molar-refractivity contribution in [3.05, 3.63) is 77.0 Å². The number of rotatable bonds is 6. The van der Waals surface area contributed by atoms with Gasteiger partial charge in [-0.15, -0.1) is 0 Å². The normalized spacial score (nSPS) is 16.6. The van der Waals surface area contributed by atoms with Crippen molar-refractivity contribution in [1.82, 2.24) is 4.98 Å². The highest BCUT2D eigenvalue weighted by Crippen LogP contribution is 2.40. The molecule has 9 heteroatoms. The smallest absolute Gasteiger partial charge is 0.422 e. The first-order chi connectivity index (χ1) is 18.0. The average Bonchev–Trinajstić information content (AvgIpc) is 3.23. The maximum atomic E-state index is 13.7. The Labute approximate surface area is 219 Å². The van der Waals surface area contributed by atoms with Gasteiger partial charge >= 0.3 is 6.18 Å². The van der Waals surface area contributed by atoms with Gasteiger partial charge in [0.2, 0.25) is 0 Å². The number of pyridine rings is 1. The second-order valence-corrected chi connectivity index (χ2v) is 10.2. The van der Waals surface area contributed by atoms with Gasteiger partial charge in [-0.1, -0.05) is 24.3 Å². The summed E-state index contributed by atoms with van der Waals surface area (Å²) in [6.07, 6.45) is -3.00. The van der Waals surface area contributed by atoms with Crippen LogP contribution in [-0.4, -0.2) is 42.0 Å². The number of halogens is 3. The molecule has 0 bridgehead atoms. The predicted octanol–water partition coefficient (Wildman–Crippen LogP) is 5.97. The molecule has 2 aromatic carbocycles. The summed E-state index contributed by atoms with van der Waals surface area (Å²) in [4.78, 5) is 20.2. The summed E-state index contributed by atoms with van der Waals surface area (Å²) in [6.45, 7) is 3.32. The van der Waals surface area contributed by atoms with Crippen LogP contribution < -0.4 is 9.64 Å². The minimum Gasteiger partial charge on any atom is -0.483 e. The summed E-state index contributed by atoms with van der Waals surface area (Å²) < 4.78 is 49.6. The lowest BCUT2D eigenvalue weighted by atomic mass is 9.92. The second kappa shape index (κ2) is 10.0. The first kappa shape index (κ1) is 26.2. The van der Waals surface area contributed by atoms with E-state index in [1.54, 1.807) is 61.2 Å². The molecule has 1 amide bonds. The quantitative estimate of drug-likeness (QED) is 0.429. The number of amides is 1. The SMILES string of the molecule is CC(C)(O)c1ccc(N2Cc3c(cc(C4CCOCC4)nc3-c3ccccc3OCC(F)(F)F)C2=O)cc1. The van der Waals surface area contributed by atoms with Crippen LogP contribution in [0.25, 0.3) is 11.3 Å². The number of nitrogens with zero attached hydrogens (tertiary/aromatic N) is 2. The lowest BCUT2D eigenvalue weighted by molar-refractivity contribution is -0.153. The lowest BCUT2D eigenvalue weighted by Crippen LogP contribution is -2.23. The number of aliphatic hydroxyl groups is 1. The maximum Gasteiger partial charge on any atom is 0.422 e. The molecule has 0 unspecified atom stereocenters. The van der Waals surface area contributed by atoms with E-state index in [1.807, 2.05) is 6.07 Å². The second-order valence-electron chi connectivity index (χ2n) is 10.2. The third-order valence-corrected chi connectivity index (χ3v) is 6.99. The average molecular weight is 527 g/mol. The maximum absolute atomic E-state index is 13.7. The third-order valence-electron chi connectivity index (χ3n) is 6.99. The first-order valence-corrected chi connectivity index (χ1v) is 12.6. The number of fused-ring (bicyclic) bond motifs is 1. The van der Waals surface area contributed by atoms with Crippen molar-refractivity contribution in [3.63, 3.8) is 0 Å². The van der Waals surface area contributed by atoms with Gasteiger partial charge in [0.1, 0.15) is 5.75 Å². The van der Waals surface area contributed by atoms with Crippen molar-refractivity contribution in [2.75, 3.05) is 24.7 Å². The molecule has 1 N–H and O–H groups in total. The van der Waals surface area contributed by atoms with E-state index in [1.165, 1.54) is 6.07 Å². The molecule has 3 heterocycles.